The van der Waals surface area contributed by atoms with Gasteiger partial charge in [-0.25, -0.2) is 0 Å². The third kappa shape index (κ3) is 4.23. The first kappa shape index (κ1) is 14.9. The van der Waals surface area contributed by atoms with Crippen molar-refractivity contribution in [1.29, 1.82) is 0 Å². The normalized spacial score (nSPS) is 13.7. The van der Waals surface area contributed by atoms with Crippen LogP contribution in [0.5, 0.6) is 5.75 Å². The van der Waals surface area contributed by atoms with E-state index in [0.717, 1.165) is 0 Å². The topological polar surface area (TPSA) is 41.5 Å². The molecule has 0 spiro atoms. The van der Waals surface area contributed by atoms with Gasteiger partial charge in [-0.2, -0.15) is 8.78 Å². The van der Waals surface area contributed by atoms with Crippen molar-refractivity contribution in [3.05, 3.63) is 29.8 Å². The van der Waals surface area contributed by atoms with Gasteiger partial charge in [0.05, 0.1) is 6.61 Å². The van der Waals surface area contributed by atoms with Crippen LogP contribution in [0, 0.1) is 0 Å². The Morgan fingerprint density at radius 1 is 1.33 bits per heavy atom. The third-order valence-electron chi connectivity index (χ3n) is 2.60. The highest BCUT2D eigenvalue weighted by molar-refractivity contribution is 5.35. The molecule has 3 nitrogen and oxygen atoms in total. The van der Waals surface area contributed by atoms with Crippen molar-refractivity contribution in [3.63, 3.8) is 0 Å². The maximum atomic E-state index is 12.3. The number of hydrogen-bond donors (Lipinski definition) is 2. The molecule has 0 bridgehead atoms. The number of hydrogen-bond acceptors (Lipinski definition) is 3. The fourth-order valence-electron chi connectivity index (χ4n) is 1.75. The molecule has 0 heterocycles. The number of halogens is 2. The zero-order chi connectivity index (χ0) is 13.8. The summed E-state index contributed by atoms with van der Waals surface area (Å²) in [6, 6.07) is 6.43. The third-order valence-corrected chi connectivity index (χ3v) is 2.60. The molecule has 0 aliphatic carbocycles. The van der Waals surface area contributed by atoms with Crippen LogP contribution in [0.25, 0.3) is 0 Å². The summed E-state index contributed by atoms with van der Waals surface area (Å²) in [7, 11) is 0. The highest BCUT2D eigenvalue weighted by atomic mass is 19.3. The van der Waals surface area contributed by atoms with Crippen LogP contribution >= 0.6 is 0 Å². The Bertz CT molecular complexity index is 383. The minimum Gasteiger partial charge on any atom is -0.434 e. The van der Waals surface area contributed by atoms with Crippen molar-refractivity contribution in [2.45, 2.75) is 39.0 Å². The molecule has 5 heteroatoms. The lowest BCUT2D eigenvalue weighted by atomic mass is 10.0. The van der Waals surface area contributed by atoms with E-state index in [2.05, 4.69) is 10.1 Å². The summed E-state index contributed by atoms with van der Waals surface area (Å²) >= 11 is 0. The summed E-state index contributed by atoms with van der Waals surface area (Å²) < 4.78 is 29.0. The predicted molar refractivity (Wildman–Crippen MR) is 65.8 cm³/mol. The van der Waals surface area contributed by atoms with E-state index in [1.807, 2.05) is 20.8 Å². The monoisotopic (exact) mass is 259 g/mol. The van der Waals surface area contributed by atoms with Gasteiger partial charge in [0.25, 0.3) is 0 Å². The first-order chi connectivity index (χ1) is 8.35. The smallest absolute Gasteiger partial charge is 0.387 e. The number of aliphatic hydroxyl groups excluding tert-OH is 1. The number of ether oxygens (including phenoxy) is 1. The first-order valence-electron chi connectivity index (χ1n) is 5.78. The average molecular weight is 259 g/mol. The molecule has 0 aromatic heterocycles. The largest absolute Gasteiger partial charge is 0.434 e. The molecule has 0 saturated carbocycles. The predicted octanol–water partition coefficient (Wildman–Crippen LogP) is 2.71. The van der Waals surface area contributed by atoms with Gasteiger partial charge in [0.15, 0.2) is 0 Å². The van der Waals surface area contributed by atoms with Gasteiger partial charge < -0.3 is 15.2 Å². The molecule has 0 aliphatic heterocycles. The molecule has 102 valence electrons. The van der Waals surface area contributed by atoms with Gasteiger partial charge in [-0.15, -0.1) is 0 Å². The summed E-state index contributed by atoms with van der Waals surface area (Å²) in [4.78, 5) is 0. The second-order valence-corrected chi connectivity index (χ2v) is 4.82. The van der Waals surface area contributed by atoms with E-state index < -0.39 is 12.2 Å². The molecule has 1 aromatic carbocycles. The maximum Gasteiger partial charge on any atom is 0.387 e. The Morgan fingerprint density at radius 2 is 1.94 bits per heavy atom. The van der Waals surface area contributed by atoms with Crippen molar-refractivity contribution in [2.24, 2.45) is 0 Å². The maximum absolute atomic E-state index is 12.3. The molecule has 1 atom stereocenters. The van der Waals surface area contributed by atoms with Crippen molar-refractivity contribution < 1.29 is 18.6 Å². The van der Waals surface area contributed by atoms with Crippen LogP contribution in [0.4, 0.5) is 8.78 Å². The second kappa shape index (κ2) is 6.11. The van der Waals surface area contributed by atoms with Gasteiger partial charge >= 0.3 is 6.61 Å². The van der Waals surface area contributed by atoms with E-state index in [-0.39, 0.29) is 18.4 Å². The summed E-state index contributed by atoms with van der Waals surface area (Å²) in [6.45, 7) is 2.62. The van der Waals surface area contributed by atoms with Crippen LogP contribution < -0.4 is 10.1 Å². The Morgan fingerprint density at radius 3 is 2.50 bits per heavy atom. The van der Waals surface area contributed by atoms with E-state index in [0.29, 0.717) is 5.56 Å². The van der Waals surface area contributed by atoms with Crippen LogP contribution in [0.2, 0.25) is 0 Å². The summed E-state index contributed by atoms with van der Waals surface area (Å²) in [5.74, 6) is 0.154. The van der Waals surface area contributed by atoms with E-state index in [1.54, 1.807) is 18.2 Å². The fraction of sp³-hybridized carbons (Fsp3) is 0.538. The van der Waals surface area contributed by atoms with E-state index >= 15 is 0 Å². The molecular weight excluding hydrogens is 240 g/mol. The summed E-state index contributed by atoms with van der Waals surface area (Å²) in [6.07, 6.45) is 0. The Balaban J connectivity index is 2.88. The zero-order valence-corrected chi connectivity index (χ0v) is 10.8. The number of rotatable bonds is 6. The van der Waals surface area contributed by atoms with Gasteiger partial charge in [-0.05, 0) is 26.8 Å². The molecule has 18 heavy (non-hydrogen) atoms. The van der Waals surface area contributed by atoms with Crippen molar-refractivity contribution in [1.82, 2.24) is 5.32 Å². The SMILES string of the molecule is CC(NC(C)(C)CO)c1ccccc1OC(F)F. The number of para-hydroxylation sites is 1. The standard InChI is InChI=1S/C13H19F2NO2/c1-9(16-13(2,3)8-17)10-6-4-5-7-11(10)18-12(14)15/h4-7,9,12,16-17H,8H2,1-3H3. The van der Waals surface area contributed by atoms with Crippen molar-refractivity contribution in [3.8, 4) is 5.75 Å². The van der Waals surface area contributed by atoms with Gasteiger partial charge in [-0.1, -0.05) is 18.2 Å². The van der Waals surface area contributed by atoms with E-state index in [9.17, 15) is 13.9 Å². The average Bonchev–Trinajstić information content (AvgIpc) is 2.28. The fourth-order valence-corrected chi connectivity index (χ4v) is 1.75. The van der Waals surface area contributed by atoms with Crippen molar-refractivity contribution in [2.75, 3.05) is 6.61 Å². The van der Waals surface area contributed by atoms with Gasteiger partial charge in [-0.3, -0.25) is 0 Å². The van der Waals surface area contributed by atoms with Crippen LogP contribution in [-0.4, -0.2) is 23.9 Å². The molecule has 2 N–H and O–H groups in total. The molecule has 1 unspecified atom stereocenters. The molecular formula is C13H19F2NO2. The lowest BCUT2D eigenvalue weighted by Gasteiger charge is -2.29. The van der Waals surface area contributed by atoms with Crippen molar-refractivity contribution >= 4 is 0 Å². The summed E-state index contributed by atoms with van der Waals surface area (Å²) in [5, 5.41) is 12.4. The van der Waals surface area contributed by atoms with Gasteiger partial charge in [0.2, 0.25) is 0 Å². The number of alkyl halides is 2. The molecule has 0 amide bonds. The summed E-state index contributed by atoms with van der Waals surface area (Å²) in [5.41, 5.74) is 0.150. The minimum absolute atomic E-state index is 0.0464. The molecule has 0 aliphatic rings. The van der Waals surface area contributed by atoms with Gasteiger partial charge in [0.1, 0.15) is 5.75 Å². The van der Waals surface area contributed by atoms with Gasteiger partial charge in [0, 0.05) is 17.1 Å². The number of benzene rings is 1. The lowest BCUT2D eigenvalue weighted by Crippen LogP contribution is -2.44. The molecule has 1 aromatic rings. The van der Waals surface area contributed by atoms with Crippen LogP contribution in [0.3, 0.4) is 0 Å². The Labute approximate surface area is 106 Å². The second-order valence-electron chi connectivity index (χ2n) is 4.82. The molecule has 0 fully saturated rings. The van der Waals surface area contributed by atoms with Crippen LogP contribution in [0.15, 0.2) is 24.3 Å². The Hall–Kier alpha value is -1.20. The van der Waals surface area contributed by atoms with E-state index in [1.165, 1.54) is 6.07 Å². The van der Waals surface area contributed by atoms with Crippen LogP contribution in [0.1, 0.15) is 32.4 Å². The highest BCUT2D eigenvalue weighted by Crippen LogP contribution is 2.27. The first-order valence-corrected chi connectivity index (χ1v) is 5.78. The molecule has 0 saturated heterocycles. The highest BCUT2D eigenvalue weighted by Gasteiger charge is 2.22. The minimum atomic E-state index is -2.84. The molecule has 0 radical (unpaired) electrons. The number of nitrogens with one attached hydrogen (secondary N) is 1. The zero-order valence-electron chi connectivity index (χ0n) is 10.8. The number of aliphatic hydroxyl groups is 1. The quantitative estimate of drug-likeness (QED) is 0.825. The van der Waals surface area contributed by atoms with E-state index in [4.69, 9.17) is 0 Å². The Kier molecular flexibility index (Phi) is 5.04. The molecule has 1 rings (SSSR count). The lowest BCUT2D eigenvalue weighted by molar-refractivity contribution is -0.0507. The van der Waals surface area contributed by atoms with Crippen LogP contribution in [-0.2, 0) is 0 Å².